The molecule has 0 aromatic rings. The Morgan fingerprint density at radius 2 is 1.70 bits per heavy atom. The molecule has 1 atom stereocenters. The Balaban J connectivity index is 1.73. The lowest BCUT2D eigenvalue weighted by molar-refractivity contribution is 0.0245. The van der Waals surface area contributed by atoms with Crippen molar-refractivity contribution in [3.63, 3.8) is 0 Å². The van der Waals surface area contributed by atoms with Gasteiger partial charge in [0.15, 0.2) is 0 Å². The Labute approximate surface area is 125 Å². The van der Waals surface area contributed by atoms with Gasteiger partial charge in [-0.05, 0) is 57.7 Å². The fourth-order valence-electron chi connectivity index (χ4n) is 5.01. The molecule has 2 nitrogen and oxygen atoms in total. The van der Waals surface area contributed by atoms with Crippen LogP contribution in [0.5, 0.6) is 0 Å². The smallest absolute Gasteiger partial charge is 0.0362 e. The van der Waals surface area contributed by atoms with Gasteiger partial charge in [-0.3, -0.25) is 4.90 Å². The lowest BCUT2D eigenvalue weighted by Crippen LogP contribution is -2.61. The predicted octanol–water partition coefficient (Wildman–Crippen LogP) is 3.95. The van der Waals surface area contributed by atoms with Gasteiger partial charge in [0.05, 0.1) is 0 Å². The fraction of sp³-hybridized carbons (Fsp3) is 1.00. The fourth-order valence-corrected chi connectivity index (χ4v) is 5.01. The molecular weight excluding hydrogens is 244 g/mol. The summed E-state index contributed by atoms with van der Waals surface area (Å²) in [7, 11) is 0. The topological polar surface area (TPSA) is 15.3 Å². The number of piperidine rings is 1. The second kappa shape index (κ2) is 6.79. The van der Waals surface area contributed by atoms with Crippen molar-refractivity contribution in [3.05, 3.63) is 0 Å². The molecule has 2 heteroatoms. The van der Waals surface area contributed by atoms with Gasteiger partial charge in [0.1, 0.15) is 0 Å². The van der Waals surface area contributed by atoms with Crippen molar-refractivity contribution in [1.82, 2.24) is 10.2 Å². The van der Waals surface area contributed by atoms with Crippen LogP contribution in [0.15, 0.2) is 0 Å². The van der Waals surface area contributed by atoms with E-state index in [2.05, 4.69) is 17.1 Å². The zero-order valence-electron chi connectivity index (χ0n) is 13.5. The zero-order valence-corrected chi connectivity index (χ0v) is 13.5. The highest BCUT2D eigenvalue weighted by molar-refractivity contribution is 5.05. The average molecular weight is 278 g/mol. The summed E-state index contributed by atoms with van der Waals surface area (Å²) < 4.78 is 0. The minimum atomic E-state index is 0.520. The number of rotatable bonds is 6. The van der Waals surface area contributed by atoms with E-state index < -0.39 is 0 Å². The highest BCUT2D eigenvalue weighted by Crippen LogP contribution is 2.43. The number of hydrogen-bond acceptors (Lipinski definition) is 2. The van der Waals surface area contributed by atoms with Crippen LogP contribution in [0, 0.1) is 5.92 Å². The SMILES string of the molecule is CCNC(CC1CCC1)C1(N2CCCCC2)CCCC1. The van der Waals surface area contributed by atoms with E-state index in [1.165, 1.54) is 83.7 Å². The van der Waals surface area contributed by atoms with Crippen molar-refractivity contribution in [3.8, 4) is 0 Å². The van der Waals surface area contributed by atoms with Gasteiger partial charge in [-0.2, -0.15) is 0 Å². The van der Waals surface area contributed by atoms with Crippen molar-refractivity contribution in [2.24, 2.45) is 5.92 Å². The molecule has 116 valence electrons. The van der Waals surface area contributed by atoms with E-state index in [1.54, 1.807) is 0 Å². The Morgan fingerprint density at radius 1 is 1.00 bits per heavy atom. The molecule has 0 bridgehead atoms. The van der Waals surface area contributed by atoms with Crippen LogP contribution in [0.1, 0.15) is 77.6 Å². The van der Waals surface area contributed by atoms with E-state index in [0.717, 1.165) is 18.5 Å². The van der Waals surface area contributed by atoms with Crippen molar-refractivity contribution >= 4 is 0 Å². The molecule has 20 heavy (non-hydrogen) atoms. The predicted molar refractivity (Wildman–Crippen MR) is 86.0 cm³/mol. The maximum atomic E-state index is 3.92. The molecule has 2 saturated carbocycles. The third-order valence-electron chi connectivity index (χ3n) is 6.35. The van der Waals surface area contributed by atoms with Gasteiger partial charge in [-0.1, -0.05) is 45.4 Å². The standard InChI is InChI=1S/C18H34N2/c1-2-19-17(15-16-9-8-10-16)18(11-4-5-12-18)20-13-6-3-7-14-20/h16-17,19H,2-15H2,1H3. The van der Waals surface area contributed by atoms with Crippen LogP contribution in [-0.4, -0.2) is 36.1 Å². The van der Waals surface area contributed by atoms with Crippen LogP contribution in [-0.2, 0) is 0 Å². The summed E-state index contributed by atoms with van der Waals surface area (Å²) in [5.41, 5.74) is 0.520. The molecule has 2 aliphatic carbocycles. The first-order valence-corrected chi connectivity index (χ1v) is 9.33. The van der Waals surface area contributed by atoms with Gasteiger partial charge in [0.25, 0.3) is 0 Å². The monoisotopic (exact) mass is 278 g/mol. The second-order valence-electron chi connectivity index (χ2n) is 7.50. The summed E-state index contributed by atoms with van der Waals surface area (Å²) in [6.45, 7) is 6.18. The first-order chi connectivity index (χ1) is 9.85. The Hall–Kier alpha value is -0.0800. The summed E-state index contributed by atoms with van der Waals surface area (Å²) in [4.78, 5) is 2.91. The van der Waals surface area contributed by atoms with Crippen molar-refractivity contribution < 1.29 is 0 Å². The normalized spacial score (nSPS) is 29.2. The summed E-state index contributed by atoms with van der Waals surface area (Å²) in [6.07, 6.45) is 16.1. The summed E-state index contributed by atoms with van der Waals surface area (Å²) in [6, 6.07) is 0.762. The Kier molecular flexibility index (Phi) is 5.04. The summed E-state index contributed by atoms with van der Waals surface area (Å²) in [5, 5.41) is 3.92. The number of hydrogen-bond donors (Lipinski definition) is 1. The van der Waals surface area contributed by atoms with Crippen LogP contribution in [0.2, 0.25) is 0 Å². The zero-order chi connectivity index (χ0) is 13.8. The molecule has 1 saturated heterocycles. The number of likely N-dealkylation sites (tertiary alicyclic amines) is 1. The molecule has 1 aliphatic heterocycles. The van der Waals surface area contributed by atoms with Crippen molar-refractivity contribution in [1.29, 1.82) is 0 Å². The number of likely N-dealkylation sites (N-methyl/N-ethyl adjacent to an activating group) is 1. The molecule has 1 N–H and O–H groups in total. The number of nitrogens with one attached hydrogen (secondary N) is 1. The van der Waals surface area contributed by atoms with E-state index in [0.29, 0.717) is 5.54 Å². The minimum absolute atomic E-state index is 0.520. The Morgan fingerprint density at radius 3 is 2.25 bits per heavy atom. The maximum Gasteiger partial charge on any atom is 0.0362 e. The second-order valence-corrected chi connectivity index (χ2v) is 7.50. The molecule has 0 amide bonds. The number of nitrogens with zero attached hydrogens (tertiary/aromatic N) is 1. The molecule has 3 rings (SSSR count). The molecule has 3 fully saturated rings. The van der Waals surface area contributed by atoms with Crippen LogP contribution < -0.4 is 5.32 Å². The van der Waals surface area contributed by atoms with E-state index in [4.69, 9.17) is 0 Å². The van der Waals surface area contributed by atoms with Gasteiger partial charge < -0.3 is 5.32 Å². The van der Waals surface area contributed by atoms with E-state index in [9.17, 15) is 0 Å². The maximum absolute atomic E-state index is 3.92. The lowest BCUT2D eigenvalue weighted by atomic mass is 9.74. The Bertz CT molecular complexity index is 286. The van der Waals surface area contributed by atoms with Crippen LogP contribution in [0.3, 0.4) is 0 Å². The van der Waals surface area contributed by atoms with E-state index >= 15 is 0 Å². The van der Waals surface area contributed by atoms with Gasteiger partial charge in [0.2, 0.25) is 0 Å². The van der Waals surface area contributed by atoms with Crippen LogP contribution >= 0.6 is 0 Å². The molecule has 0 aromatic carbocycles. The van der Waals surface area contributed by atoms with E-state index in [1.807, 2.05) is 0 Å². The lowest BCUT2D eigenvalue weighted by Gasteiger charge is -2.50. The minimum Gasteiger partial charge on any atom is -0.312 e. The van der Waals surface area contributed by atoms with Gasteiger partial charge in [0, 0.05) is 11.6 Å². The third-order valence-corrected chi connectivity index (χ3v) is 6.35. The van der Waals surface area contributed by atoms with E-state index in [-0.39, 0.29) is 0 Å². The molecule has 1 heterocycles. The highest BCUT2D eigenvalue weighted by atomic mass is 15.2. The van der Waals surface area contributed by atoms with Gasteiger partial charge >= 0.3 is 0 Å². The van der Waals surface area contributed by atoms with Crippen molar-refractivity contribution in [2.45, 2.75) is 89.1 Å². The quantitative estimate of drug-likeness (QED) is 0.791. The van der Waals surface area contributed by atoms with Crippen LogP contribution in [0.25, 0.3) is 0 Å². The van der Waals surface area contributed by atoms with Crippen LogP contribution in [0.4, 0.5) is 0 Å². The summed E-state index contributed by atoms with van der Waals surface area (Å²) in [5.74, 6) is 1.03. The van der Waals surface area contributed by atoms with Crippen molar-refractivity contribution in [2.75, 3.05) is 19.6 Å². The molecule has 3 aliphatic rings. The molecular formula is C18H34N2. The largest absolute Gasteiger partial charge is 0.312 e. The highest BCUT2D eigenvalue weighted by Gasteiger charge is 2.46. The first-order valence-electron chi connectivity index (χ1n) is 9.33. The average Bonchev–Trinajstić information content (AvgIpc) is 2.93. The summed E-state index contributed by atoms with van der Waals surface area (Å²) >= 11 is 0. The first kappa shape index (κ1) is 14.8. The third kappa shape index (κ3) is 2.92. The van der Waals surface area contributed by atoms with Gasteiger partial charge in [-0.15, -0.1) is 0 Å². The molecule has 0 radical (unpaired) electrons. The van der Waals surface area contributed by atoms with Gasteiger partial charge in [-0.25, -0.2) is 0 Å². The molecule has 0 spiro atoms. The molecule has 1 unspecified atom stereocenters. The molecule has 0 aromatic heterocycles.